The number of allylic oxidation sites excluding steroid dienone is 4. The predicted octanol–water partition coefficient (Wildman–Crippen LogP) is 5.80. The maximum Gasteiger partial charge on any atom is 0.168 e. The zero-order chi connectivity index (χ0) is 16.4. The molecular formula is C19H16Cl2N2. The lowest BCUT2D eigenvalue weighted by Crippen LogP contribution is -2.27. The molecule has 0 aliphatic heterocycles. The molecule has 4 heteroatoms. The molecule has 2 aliphatic carbocycles. The van der Waals surface area contributed by atoms with E-state index in [0.717, 1.165) is 30.4 Å². The predicted molar refractivity (Wildman–Crippen MR) is 92.0 cm³/mol. The van der Waals surface area contributed by atoms with Gasteiger partial charge >= 0.3 is 0 Å². The minimum absolute atomic E-state index is 0.00586. The molecular weight excluding hydrogens is 327 g/mol. The average molecular weight is 343 g/mol. The van der Waals surface area contributed by atoms with Crippen LogP contribution in [-0.2, 0) is 0 Å². The maximum atomic E-state index is 9.67. The lowest BCUT2D eigenvalue weighted by atomic mass is 9.67. The lowest BCUT2D eigenvalue weighted by molar-refractivity contribution is 0.416. The third-order valence-corrected chi connectivity index (χ3v) is 5.55. The number of rotatable bonds is 1. The number of nitriles is 2. The largest absolute Gasteiger partial charge is 0.196 e. The van der Waals surface area contributed by atoms with Gasteiger partial charge in [0.25, 0.3) is 0 Å². The van der Waals surface area contributed by atoms with E-state index in [1.807, 2.05) is 24.3 Å². The highest BCUT2D eigenvalue weighted by Gasteiger charge is 2.43. The third-order valence-electron chi connectivity index (χ3n) is 4.89. The van der Waals surface area contributed by atoms with Crippen LogP contribution >= 0.6 is 23.2 Å². The summed E-state index contributed by atoms with van der Waals surface area (Å²) < 4.78 is 0. The highest BCUT2D eigenvalue weighted by Crippen LogP contribution is 2.51. The van der Waals surface area contributed by atoms with E-state index in [0.29, 0.717) is 16.5 Å². The van der Waals surface area contributed by atoms with Gasteiger partial charge in [-0.15, -0.1) is 0 Å². The first-order valence-corrected chi connectivity index (χ1v) is 8.52. The van der Waals surface area contributed by atoms with Crippen LogP contribution in [0.5, 0.6) is 0 Å². The molecule has 0 radical (unpaired) electrons. The molecule has 116 valence electrons. The number of benzene rings is 1. The summed E-state index contributed by atoms with van der Waals surface area (Å²) in [5.74, 6) is 0.102. The van der Waals surface area contributed by atoms with Crippen LogP contribution in [0.1, 0.15) is 37.2 Å². The average Bonchev–Trinajstić information content (AvgIpc) is 2.73. The number of hydrogen-bond donors (Lipinski definition) is 0. The Labute approximate surface area is 146 Å². The molecule has 0 N–H and O–H groups in total. The van der Waals surface area contributed by atoms with Crippen molar-refractivity contribution >= 4 is 23.2 Å². The van der Waals surface area contributed by atoms with Crippen LogP contribution in [0.4, 0.5) is 0 Å². The van der Waals surface area contributed by atoms with Gasteiger partial charge in [0.15, 0.2) is 5.41 Å². The first kappa shape index (κ1) is 16.1. The Kier molecular flexibility index (Phi) is 4.49. The topological polar surface area (TPSA) is 47.6 Å². The Morgan fingerprint density at radius 2 is 1.83 bits per heavy atom. The van der Waals surface area contributed by atoms with Crippen molar-refractivity contribution in [3.05, 3.63) is 57.6 Å². The van der Waals surface area contributed by atoms with Gasteiger partial charge in [0.05, 0.1) is 12.1 Å². The summed E-state index contributed by atoms with van der Waals surface area (Å²) >= 11 is 12.8. The smallest absolute Gasteiger partial charge is 0.168 e. The molecule has 3 rings (SSSR count). The summed E-state index contributed by atoms with van der Waals surface area (Å²) in [6.07, 6.45) is 9.43. The Morgan fingerprint density at radius 3 is 2.48 bits per heavy atom. The molecule has 0 saturated carbocycles. The van der Waals surface area contributed by atoms with E-state index in [9.17, 15) is 10.5 Å². The molecule has 0 aromatic heterocycles. The molecule has 1 unspecified atom stereocenters. The van der Waals surface area contributed by atoms with Gasteiger partial charge in [-0.05, 0) is 48.4 Å². The van der Waals surface area contributed by atoms with Crippen LogP contribution in [-0.4, -0.2) is 0 Å². The number of fused-ring (bicyclic) bond motifs is 1. The number of halogens is 2. The molecule has 23 heavy (non-hydrogen) atoms. The highest BCUT2D eigenvalue weighted by molar-refractivity contribution is 6.36. The summed E-state index contributed by atoms with van der Waals surface area (Å²) in [6, 6.07) is 10.0. The molecule has 0 bridgehead atoms. The number of hydrogen-bond acceptors (Lipinski definition) is 2. The van der Waals surface area contributed by atoms with Crippen molar-refractivity contribution in [1.29, 1.82) is 10.5 Å². The monoisotopic (exact) mass is 342 g/mol. The van der Waals surface area contributed by atoms with Crippen molar-refractivity contribution in [1.82, 2.24) is 0 Å². The second kappa shape index (κ2) is 6.40. The standard InChI is InChI=1S/C19H16Cl2N2/c20-16-8-3-9-17(21)18(16)14-6-4-10-19(11-22,12-23)15-7-2-1-5-13(14)15/h3-4,6-9,13-14H,1-2,5,10H2/t13-,14?/m0/s1. The van der Waals surface area contributed by atoms with Crippen molar-refractivity contribution in [3.63, 3.8) is 0 Å². The molecule has 0 amide bonds. The highest BCUT2D eigenvalue weighted by atomic mass is 35.5. The minimum Gasteiger partial charge on any atom is -0.196 e. The summed E-state index contributed by atoms with van der Waals surface area (Å²) in [6.45, 7) is 0. The van der Waals surface area contributed by atoms with Gasteiger partial charge in [0.2, 0.25) is 0 Å². The van der Waals surface area contributed by atoms with Gasteiger partial charge in [0.1, 0.15) is 0 Å². The van der Waals surface area contributed by atoms with Crippen LogP contribution in [0.3, 0.4) is 0 Å². The normalized spacial score (nSPS) is 25.5. The molecule has 0 spiro atoms. The van der Waals surface area contributed by atoms with Crippen molar-refractivity contribution in [2.75, 3.05) is 0 Å². The zero-order valence-electron chi connectivity index (χ0n) is 12.6. The first-order chi connectivity index (χ1) is 11.1. The van der Waals surface area contributed by atoms with Gasteiger partial charge in [-0.3, -0.25) is 0 Å². The summed E-state index contributed by atoms with van der Waals surface area (Å²) in [5.41, 5.74) is 0.778. The molecule has 2 aliphatic rings. The molecule has 2 nitrogen and oxygen atoms in total. The summed E-state index contributed by atoms with van der Waals surface area (Å²) in [7, 11) is 0. The van der Waals surface area contributed by atoms with Crippen molar-refractivity contribution < 1.29 is 0 Å². The van der Waals surface area contributed by atoms with E-state index < -0.39 is 5.41 Å². The van der Waals surface area contributed by atoms with Crippen molar-refractivity contribution in [2.45, 2.75) is 31.6 Å². The van der Waals surface area contributed by atoms with Crippen LogP contribution < -0.4 is 0 Å². The van der Waals surface area contributed by atoms with Crippen LogP contribution in [0.2, 0.25) is 10.0 Å². The Morgan fingerprint density at radius 1 is 1.13 bits per heavy atom. The Hall–Kier alpha value is -1.74. The van der Waals surface area contributed by atoms with Crippen LogP contribution in [0, 0.1) is 34.0 Å². The van der Waals surface area contributed by atoms with Crippen LogP contribution in [0.15, 0.2) is 42.0 Å². The fraction of sp³-hybridized carbons (Fsp3) is 0.368. The molecule has 1 aromatic carbocycles. The van der Waals surface area contributed by atoms with Crippen molar-refractivity contribution in [3.8, 4) is 12.1 Å². The molecule has 0 heterocycles. The van der Waals surface area contributed by atoms with Gasteiger partial charge in [-0.25, -0.2) is 0 Å². The van der Waals surface area contributed by atoms with Crippen molar-refractivity contribution in [2.24, 2.45) is 11.3 Å². The maximum absolute atomic E-state index is 9.67. The van der Waals surface area contributed by atoms with Gasteiger partial charge in [0, 0.05) is 22.4 Å². The quantitative estimate of drug-likeness (QED) is 0.605. The Bertz CT molecular complexity index is 730. The van der Waals surface area contributed by atoms with E-state index in [4.69, 9.17) is 23.2 Å². The van der Waals surface area contributed by atoms with Gasteiger partial charge < -0.3 is 0 Å². The lowest BCUT2D eigenvalue weighted by Gasteiger charge is -2.34. The van der Waals surface area contributed by atoms with E-state index in [2.05, 4.69) is 24.3 Å². The molecule has 0 saturated heterocycles. The molecule has 1 aromatic rings. The summed E-state index contributed by atoms with van der Waals surface area (Å²) in [5, 5.41) is 20.6. The van der Waals surface area contributed by atoms with Crippen LogP contribution in [0.25, 0.3) is 0 Å². The Balaban J connectivity index is 2.15. The van der Waals surface area contributed by atoms with E-state index >= 15 is 0 Å². The number of nitrogens with zero attached hydrogens (tertiary/aromatic N) is 2. The minimum atomic E-state index is -1.07. The first-order valence-electron chi connectivity index (χ1n) is 7.76. The van der Waals surface area contributed by atoms with E-state index in [1.165, 1.54) is 0 Å². The van der Waals surface area contributed by atoms with Gasteiger partial charge in [-0.1, -0.05) is 47.5 Å². The molecule has 0 fully saturated rings. The van der Waals surface area contributed by atoms with E-state index in [1.54, 1.807) is 0 Å². The van der Waals surface area contributed by atoms with Gasteiger partial charge in [-0.2, -0.15) is 10.5 Å². The SMILES string of the molecule is N#CC1(C#N)CC=CC(c2c(Cl)cccc2Cl)[C@@H]2CCCC=C21. The second-order valence-electron chi connectivity index (χ2n) is 6.12. The second-order valence-corrected chi connectivity index (χ2v) is 6.93. The third kappa shape index (κ3) is 2.67. The molecule has 2 atom stereocenters. The van der Waals surface area contributed by atoms with E-state index in [-0.39, 0.29) is 11.8 Å². The summed E-state index contributed by atoms with van der Waals surface area (Å²) in [4.78, 5) is 0. The fourth-order valence-corrected chi connectivity index (χ4v) is 4.43. The fourth-order valence-electron chi connectivity index (χ4n) is 3.78. The zero-order valence-corrected chi connectivity index (χ0v) is 14.1.